The van der Waals surface area contributed by atoms with Crippen LogP contribution in [-0.2, 0) is 6.54 Å². The smallest absolute Gasteiger partial charge is 0.118 e. The number of unbranched alkanes of at least 4 members (excludes halogenated alkanes) is 2. The first kappa shape index (κ1) is 15.4. The van der Waals surface area contributed by atoms with Crippen LogP contribution in [0.2, 0.25) is 0 Å². The van der Waals surface area contributed by atoms with E-state index in [1.807, 2.05) is 0 Å². The first-order valence-electron chi connectivity index (χ1n) is 8.20. The molecule has 0 aliphatic heterocycles. The highest BCUT2D eigenvalue weighted by Crippen LogP contribution is 2.25. The number of nitrogens with zero attached hydrogens (tertiary/aromatic N) is 1. The van der Waals surface area contributed by atoms with Gasteiger partial charge in [-0.3, -0.25) is 4.90 Å². The molecule has 2 heteroatoms. The molecule has 1 saturated carbocycles. The molecule has 0 saturated heterocycles. The summed E-state index contributed by atoms with van der Waals surface area (Å²) in [4.78, 5) is 2.71. The molecule has 0 heterocycles. The minimum atomic E-state index is 0.814. The molecule has 1 aromatic carbocycles. The average Bonchev–Trinajstić information content (AvgIpc) is 3.01. The van der Waals surface area contributed by atoms with Crippen molar-refractivity contribution in [1.29, 1.82) is 0 Å². The first-order chi connectivity index (χ1) is 9.83. The zero-order chi connectivity index (χ0) is 14.2. The molecule has 0 atom stereocenters. The highest BCUT2D eigenvalue weighted by atomic mass is 16.5. The van der Waals surface area contributed by atoms with E-state index in [-0.39, 0.29) is 0 Å². The predicted molar refractivity (Wildman–Crippen MR) is 85.2 cm³/mol. The van der Waals surface area contributed by atoms with E-state index in [2.05, 4.69) is 36.1 Å². The molecule has 0 bridgehead atoms. The van der Waals surface area contributed by atoms with Crippen LogP contribution in [0, 0.1) is 0 Å². The molecule has 2 nitrogen and oxygen atoms in total. The number of benzene rings is 1. The normalized spacial score (nSPS) is 15.9. The molecule has 112 valence electrons. The summed E-state index contributed by atoms with van der Waals surface area (Å²) in [5.74, 6) is 0.951. The summed E-state index contributed by atoms with van der Waals surface area (Å²) in [5.41, 5.74) is 1.41. The zero-order valence-corrected chi connectivity index (χ0v) is 13.1. The Morgan fingerprint density at radius 1 is 1.10 bits per heavy atom. The van der Waals surface area contributed by atoms with Gasteiger partial charge in [0.15, 0.2) is 0 Å². The molecule has 20 heavy (non-hydrogen) atoms. The number of methoxy groups -OCH3 is 1. The third-order valence-corrected chi connectivity index (χ3v) is 4.43. The van der Waals surface area contributed by atoms with Crippen molar-refractivity contribution in [3.8, 4) is 5.75 Å². The Hall–Kier alpha value is -1.02. The fourth-order valence-corrected chi connectivity index (χ4v) is 3.19. The number of ether oxygens (including phenoxy) is 1. The second-order valence-corrected chi connectivity index (χ2v) is 5.96. The summed E-state index contributed by atoms with van der Waals surface area (Å²) in [5, 5.41) is 0. The van der Waals surface area contributed by atoms with Gasteiger partial charge in [-0.2, -0.15) is 0 Å². The van der Waals surface area contributed by atoms with E-state index in [4.69, 9.17) is 4.74 Å². The van der Waals surface area contributed by atoms with Gasteiger partial charge in [0.05, 0.1) is 7.11 Å². The van der Waals surface area contributed by atoms with Gasteiger partial charge in [0, 0.05) is 12.6 Å². The maximum Gasteiger partial charge on any atom is 0.118 e. The van der Waals surface area contributed by atoms with Crippen molar-refractivity contribution in [3.63, 3.8) is 0 Å². The van der Waals surface area contributed by atoms with E-state index >= 15 is 0 Å². The van der Waals surface area contributed by atoms with Crippen molar-refractivity contribution in [2.75, 3.05) is 13.7 Å². The molecule has 0 N–H and O–H groups in total. The highest BCUT2D eigenvalue weighted by molar-refractivity contribution is 5.27. The number of rotatable bonds is 8. The summed E-state index contributed by atoms with van der Waals surface area (Å²) in [6, 6.07) is 9.39. The van der Waals surface area contributed by atoms with Gasteiger partial charge < -0.3 is 4.74 Å². The second-order valence-electron chi connectivity index (χ2n) is 5.96. The molecule has 2 rings (SSSR count). The maximum atomic E-state index is 5.24. The Labute approximate surface area is 124 Å². The van der Waals surface area contributed by atoms with E-state index in [0.29, 0.717) is 0 Å². The predicted octanol–water partition coefficient (Wildman–Crippen LogP) is 4.63. The Bertz CT molecular complexity index is 368. The summed E-state index contributed by atoms with van der Waals surface area (Å²) in [6.07, 6.45) is 9.61. The first-order valence-corrected chi connectivity index (χ1v) is 8.20. The van der Waals surface area contributed by atoms with Crippen molar-refractivity contribution in [2.45, 2.75) is 64.5 Å². The maximum absolute atomic E-state index is 5.24. The van der Waals surface area contributed by atoms with Crippen LogP contribution in [0.3, 0.4) is 0 Å². The second kappa shape index (κ2) is 8.31. The van der Waals surface area contributed by atoms with Crippen LogP contribution in [0.5, 0.6) is 5.75 Å². The van der Waals surface area contributed by atoms with Crippen LogP contribution in [0.1, 0.15) is 57.4 Å². The van der Waals surface area contributed by atoms with Gasteiger partial charge >= 0.3 is 0 Å². The lowest BCUT2D eigenvalue weighted by Gasteiger charge is -2.29. The molecule has 0 radical (unpaired) electrons. The lowest BCUT2D eigenvalue weighted by atomic mass is 10.1. The quantitative estimate of drug-likeness (QED) is 0.641. The van der Waals surface area contributed by atoms with Gasteiger partial charge in [-0.15, -0.1) is 0 Å². The van der Waals surface area contributed by atoms with E-state index < -0.39 is 0 Å². The summed E-state index contributed by atoms with van der Waals surface area (Å²) >= 11 is 0. The molecular formula is C18H29NO. The molecule has 0 spiro atoms. The third kappa shape index (κ3) is 4.52. The standard InChI is InChI=1S/C18H29NO/c1-3-4-7-14-19(17-8-5-6-9-17)15-16-10-12-18(20-2)13-11-16/h10-13,17H,3-9,14-15H2,1-2H3. The summed E-state index contributed by atoms with van der Waals surface area (Å²) < 4.78 is 5.24. The fourth-order valence-electron chi connectivity index (χ4n) is 3.19. The van der Waals surface area contributed by atoms with Crippen LogP contribution >= 0.6 is 0 Å². The Morgan fingerprint density at radius 3 is 2.40 bits per heavy atom. The molecule has 0 aromatic heterocycles. The Balaban J connectivity index is 1.93. The molecule has 1 aliphatic rings. The van der Waals surface area contributed by atoms with Gasteiger partial charge in [-0.05, 0) is 43.5 Å². The number of hydrogen-bond donors (Lipinski definition) is 0. The van der Waals surface area contributed by atoms with E-state index in [0.717, 1.165) is 18.3 Å². The minimum absolute atomic E-state index is 0.814. The molecule has 0 amide bonds. The average molecular weight is 275 g/mol. The van der Waals surface area contributed by atoms with Gasteiger partial charge in [-0.1, -0.05) is 44.7 Å². The van der Waals surface area contributed by atoms with Crippen molar-refractivity contribution in [3.05, 3.63) is 29.8 Å². The van der Waals surface area contributed by atoms with Crippen LogP contribution in [0.25, 0.3) is 0 Å². The van der Waals surface area contributed by atoms with E-state index in [9.17, 15) is 0 Å². The third-order valence-electron chi connectivity index (χ3n) is 4.43. The number of hydrogen-bond acceptors (Lipinski definition) is 2. The largest absolute Gasteiger partial charge is 0.497 e. The van der Waals surface area contributed by atoms with E-state index in [1.165, 1.54) is 57.1 Å². The van der Waals surface area contributed by atoms with E-state index in [1.54, 1.807) is 7.11 Å². The minimum Gasteiger partial charge on any atom is -0.497 e. The van der Waals surface area contributed by atoms with Crippen molar-refractivity contribution in [1.82, 2.24) is 4.90 Å². The van der Waals surface area contributed by atoms with Crippen molar-refractivity contribution >= 4 is 0 Å². The van der Waals surface area contributed by atoms with Crippen LogP contribution in [-0.4, -0.2) is 24.6 Å². The molecule has 0 unspecified atom stereocenters. The summed E-state index contributed by atoms with van der Waals surface area (Å²) in [6.45, 7) is 4.63. The van der Waals surface area contributed by atoms with Crippen LogP contribution < -0.4 is 4.74 Å². The summed E-state index contributed by atoms with van der Waals surface area (Å²) in [7, 11) is 1.73. The lowest BCUT2D eigenvalue weighted by Crippen LogP contribution is -2.33. The molecule has 1 aliphatic carbocycles. The van der Waals surface area contributed by atoms with Gasteiger partial charge in [-0.25, -0.2) is 0 Å². The topological polar surface area (TPSA) is 12.5 Å². The van der Waals surface area contributed by atoms with Crippen molar-refractivity contribution in [2.24, 2.45) is 0 Å². The lowest BCUT2D eigenvalue weighted by molar-refractivity contribution is 0.186. The molecule has 1 fully saturated rings. The Morgan fingerprint density at radius 2 is 1.80 bits per heavy atom. The van der Waals surface area contributed by atoms with Crippen LogP contribution in [0.4, 0.5) is 0 Å². The van der Waals surface area contributed by atoms with Gasteiger partial charge in [0.1, 0.15) is 5.75 Å². The van der Waals surface area contributed by atoms with Crippen LogP contribution in [0.15, 0.2) is 24.3 Å². The molecular weight excluding hydrogens is 246 g/mol. The zero-order valence-electron chi connectivity index (χ0n) is 13.1. The van der Waals surface area contributed by atoms with Gasteiger partial charge in [0.25, 0.3) is 0 Å². The Kier molecular flexibility index (Phi) is 6.38. The molecule has 1 aromatic rings. The fraction of sp³-hybridized carbons (Fsp3) is 0.667. The van der Waals surface area contributed by atoms with Gasteiger partial charge in [0.2, 0.25) is 0 Å². The SMILES string of the molecule is CCCCCN(Cc1ccc(OC)cc1)C1CCCC1. The monoisotopic (exact) mass is 275 g/mol. The highest BCUT2D eigenvalue weighted by Gasteiger charge is 2.22. The van der Waals surface area contributed by atoms with Crippen molar-refractivity contribution < 1.29 is 4.74 Å².